The van der Waals surface area contributed by atoms with Gasteiger partial charge < -0.3 is 15.0 Å². The van der Waals surface area contributed by atoms with Crippen LogP contribution in [-0.4, -0.2) is 82.5 Å². The molecular weight excluding hydrogens is 453 g/mol. The van der Waals surface area contributed by atoms with Crippen molar-refractivity contribution in [2.24, 2.45) is 0 Å². The molecule has 1 saturated heterocycles. The van der Waals surface area contributed by atoms with Gasteiger partial charge in [-0.15, -0.1) is 0 Å². The topological polar surface area (TPSA) is 91.3 Å². The largest absolute Gasteiger partial charge is 0.374 e. The van der Waals surface area contributed by atoms with Crippen molar-refractivity contribution in [3.63, 3.8) is 0 Å². The van der Waals surface area contributed by atoms with Gasteiger partial charge in [0.15, 0.2) is 5.52 Å². The number of rotatable bonds is 8. The molecule has 0 bridgehead atoms. The maximum Gasteiger partial charge on any atom is 0.278 e. The number of H-pyrrole nitrogens is 1. The number of likely N-dealkylation sites (N-methyl/N-ethyl adjacent to an activating group) is 1. The van der Waals surface area contributed by atoms with E-state index in [9.17, 15) is 4.79 Å². The molecule has 0 amide bonds. The fraction of sp³-hybridized carbons (Fsp3) is 0.476. The van der Waals surface area contributed by atoms with E-state index in [1.54, 1.807) is 23.0 Å². The van der Waals surface area contributed by atoms with Gasteiger partial charge in [0.25, 0.3) is 5.56 Å². The maximum absolute atomic E-state index is 12.7. The molecule has 1 aliphatic heterocycles. The van der Waals surface area contributed by atoms with E-state index in [2.05, 4.69) is 30.2 Å². The van der Waals surface area contributed by atoms with Crippen molar-refractivity contribution in [2.45, 2.75) is 19.2 Å². The van der Waals surface area contributed by atoms with Gasteiger partial charge in [0.1, 0.15) is 5.52 Å². The second-order valence-corrected chi connectivity index (χ2v) is 8.99. The second kappa shape index (κ2) is 10.2. The van der Waals surface area contributed by atoms with E-state index in [1.807, 2.05) is 20.2 Å². The van der Waals surface area contributed by atoms with Gasteiger partial charge in [-0.1, -0.05) is 29.3 Å². The van der Waals surface area contributed by atoms with E-state index in [0.717, 1.165) is 31.7 Å². The number of anilines is 1. The van der Waals surface area contributed by atoms with Crippen LogP contribution in [0, 0.1) is 0 Å². The minimum atomic E-state index is -0.225. The summed E-state index contributed by atoms with van der Waals surface area (Å²) in [5, 5.41) is 8.50. The molecule has 3 heterocycles. The number of aromatic amines is 1. The molecule has 1 atom stereocenters. The lowest BCUT2D eigenvalue weighted by Gasteiger charge is -2.34. The molecule has 0 saturated carbocycles. The van der Waals surface area contributed by atoms with Crippen LogP contribution in [0.5, 0.6) is 0 Å². The van der Waals surface area contributed by atoms with E-state index < -0.39 is 0 Å². The Morgan fingerprint density at radius 3 is 2.91 bits per heavy atom. The molecule has 1 aliphatic rings. The van der Waals surface area contributed by atoms with Gasteiger partial charge in [-0.2, -0.15) is 5.10 Å². The van der Waals surface area contributed by atoms with Crippen molar-refractivity contribution in [3.05, 3.63) is 50.4 Å². The molecule has 3 aromatic rings. The van der Waals surface area contributed by atoms with Crippen LogP contribution < -0.4 is 10.9 Å². The van der Waals surface area contributed by atoms with Crippen molar-refractivity contribution in [1.82, 2.24) is 29.5 Å². The van der Waals surface area contributed by atoms with Crippen molar-refractivity contribution in [3.8, 4) is 0 Å². The number of aromatic nitrogens is 4. The van der Waals surface area contributed by atoms with E-state index in [1.165, 1.54) is 0 Å². The number of benzene rings is 1. The van der Waals surface area contributed by atoms with Gasteiger partial charge in [-0.05, 0) is 31.8 Å². The molecule has 2 aromatic heterocycles. The van der Waals surface area contributed by atoms with E-state index in [4.69, 9.17) is 27.9 Å². The Morgan fingerprint density at radius 1 is 1.28 bits per heavy atom. The average molecular weight is 480 g/mol. The first-order valence-electron chi connectivity index (χ1n) is 10.5. The Bertz CT molecular complexity index is 1130. The Labute approximate surface area is 196 Å². The minimum absolute atomic E-state index is 0.197. The molecule has 32 heavy (non-hydrogen) atoms. The number of hydrogen-bond donors (Lipinski definition) is 2. The van der Waals surface area contributed by atoms with Crippen LogP contribution in [0.4, 0.5) is 5.95 Å². The van der Waals surface area contributed by atoms with Crippen molar-refractivity contribution < 1.29 is 4.74 Å². The zero-order chi connectivity index (χ0) is 22.7. The standard InChI is InChI=1S/C21H27Cl2N7O2/c1-28(2)12-15-13-29(7-8-32-15)5-6-30-19-18(11-25-30)26-21(27-20(19)31)24-10-14-3-4-16(22)17(23)9-14/h3-4,9,11,15H,5-8,10,12-13H2,1-2H3,(H2,24,26,27,31). The average Bonchev–Trinajstić information content (AvgIpc) is 3.16. The fourth-order valence-electron chi connectivity index (χ4n) is 3.83. The summed E-state index contributed by atoms with van der Waals surface area (Å²) in [6, 6.07) is 5.38. The third-order valence-corrected chi connectivity index (χ3v) is 6.10. The molecule has 0 aliphatic carbocycles. The summed E-state index contributed by atoms with van der Waals surface area (Å²) < 4.78 is 7.56. The molecular formula is C21H27Cl2N7O2. The lowest BCUT2D eigenvalue weighted by molar-refractivity contribution is -0.0388. The number of fused-ring (bicyclic) bond motifs is 1. The molecule has 0 spiro atoms. The summed E-state index contributed by atoms with van der Waals surface area (Å²) in [5.41, 5.74) is 1.73. The highest BCUT2D eigenvalue weighted by atomic mass is 35.5. The lowest BCUT2D eigenvalue weighted by atomic mass is 10.2. The Kier molecular flexibility index (Phi) is 7.32. The normalized spacial score (nSPS) is 17.3. The zero-order valence-corrected chi connectivity index (χ0v) is 19.7. The molecule has 9 nitrogen and oxygen atoms in total. The molecule has 2 N–H and O–H groups in total. The first kappa shape index (κ1) is 23.0. The number of nitrogens with one attached hydrogen (secondary N) is 2. The predicted molar refractivity (Wildman–Crippen MR) is 127 cm³/mol. The summed E-state index contributed by atoms with van der Waals surface area (Å²) in [4.78, 5) is 24.5. The van der Waals surface area contributed by atoms with Crippen molar-refractivity contribution in [1.29, 1.82) is 0 Å². The summed E-state index contributed by atoms with van der Waals surface area (Å²) in [7, 11) is 4.09. The summed E-state index contributed by atoms with van der Waals surface area (Å²) >= 11 is 12.0. The highest BCUT2D eigenvalue weighted by Crippen LogP contribution is 2.23. The van der Waals surface area contributed by atoms with Crippen LogP contribution in [-0.2, 0) is 17.8 Å². The van der Waals surface area contributed by atoms with Gasteiger partial charge in [0.2, 0.25) is 5.95 Å². The van der Waals surface area contributed by atoms with Crippen molar-refractivity contribution >= 4 is 40.2 Å². The first-order valence-corrected chi connectivity index (χ1v) is 11.3. The highest BCUT2D eigenvalue weighted by Gasteiger charge is 2.21. The van der Waals surface area contributed by atoms with Gasteiger partial charge >= 0.3 is 0 Å². The number of nitrogens with zero attached hydrogens (tertiary/aromatic N) is 5. The third kappa shape index (κ3) is 5.60. The number of hydrogen-bond acceptors (Lipinski definition) is 7. The van der Waals surface area contributed by atoms with E-state index in [0.29, 0.717) is 46.7 Å². The maximum atomic E-state index is 12.7. The molecule has 4 rings (SSSR count). The Morgan fingerprint density at radius 2 is 2.12 bits per heavy atom. The van der Waals surface area contributed by atoms with Crippen LogP contribution in [0.25, 0.3) is 11.0 Å². The van der Waals surface area contributed by atoms with Crippen LogP contribution in [0.15, 0.2) is 29.2 Å². The predicted octanol–water partition coefficient (Wildman–Crippen LogP) is 2.30. The van der Waals surface area contributed by atoms with Crippen LogP contribution >= 0.6 is 23.2 Å². The zero-order valence-electron chi connectivity index (χ0n) is 18.1. The minimum Gasteiger partial charge on any atom is -0.374 e. The van der Waals surface area contributed by atoms with E-state index in [-0.39, 0.29) is 11.7 Å². The smallest absolute Gasteiger partial charge is 0.278 e. The number of halogens is 2. The SMILES string of the molecule is CN(C)CC1CN(CCn2ncc3nc(NCc4ccc(Cl)c(Cl)c4)[nH]c(=O)c32)CCO1. The number of morpholine rings is 1. The molecule has 172 valence electrons. The Hall–Kier alpha value is -2.17. The molecule has 0 radical (unpaired) electrons. The second-order valence-electron chi connectivity index (χ2n) is 8.17. The summed E-state index contributed by atoms with van der Waals surface area (Å²) in [6.45, 7) is 5.21. The summed E-state index contributed by atoms with van der Waals surface area (Å²) in [6.07, 6.45) is 1.82. The monoisotopic (exact) mass is 479 g/mol. The third-order valence-electron chi connectivity index (χ3n) is 5.36. The number of ether oxygens (including phenoxy) is 1. The van der Waals surface area contributed by atoms with Crippen LogP contribution in [0.3, 0.4) is 0 Å². The van der Waals surface area contributed by atoms with Crippen LogP contribution in [0.1, 0.15) is 5.56 Å². The molecule has 11 heteroatoms. The molecule has 1 fully saturated rings. The van der Waals surface area contributed by atoms with Gasteiger partial charge in [0.05, 0.1) is 35.5 Å². The van der Waals surface area contributed by atoms with E-state index >= 15 is 0 Å². The Balaban J connectivity index is 1.40. The lowest BCUT2D eigenvalue weighted by Crippen LogP contribution is -2.47. The molecule has 1 unspecified atom stereocenters. The van der Waals surface area contributed by atoms with Crippen LogP contribution in [0.2, 0.25) is 10.0 Å². The fourth-order valence-corrected chi connectivity index (χ4v) is 4.15. The van der Waals surface area contributed by atoms with Gasteiger partial charge in [-0.3, -0.25) is 19.4 Å². The quantitative estimate of drug-likeness (QED) is 0.511. The summed E-state index contributed by atoms with van der Waals surface area (Å²) in [5.74, 6) is 0.382. The van der Waals surface area contributed by atoms with Gasteiger partial charge in [0, 0.05) is 32.7 Å². The highest BCUT2D eigenvalue weighted by molar-refractivity contribution is 6.42. The molecule has 1 aromatic carbocycles. The van der Waals surface area contributed by atoms with Gasteiger partial charge in [-0.25, -0.2) is 4.98 Å². The first-order chi connectivity index (χ1) is 15.4. The van der Waals surface area contributed by atoms with Crippen molar-refractivity contribution in [2.75, 3.05) is 52.2 Å².